The van der Waals surface area contributed by atoms with E-state index >= 15 is 0 Å². The number of fused-ring (bicyclic) bond motifs is 1. The van der Waals surface area contributed by atoms with Crippen LogP contribution in [0.15, 0.2) is 24.3 Å². The molecule has 0 fully saturated rings. The number of imidazole rings is 1. The minimum absolute atomic E-state index is 0.560. The summed E-state index contributed by atoms with van der Waals surface area (Å²) in [6.45, 7) is 5.35. The lowest BCUT2D eigenvalue weighted by atomic mass is 10.1. The van der Waals surface area contributed by atoms with Crippen LogP contribution in [0.25, 0.3) is 11.0 Å². The Morgan fingerprint density at radius 3 is 2.75 bits per heavy atom. The van der Waals surface area contributed by atoms with Crippen molar-refractivity contribution in [2.24, 2.45) is 0 Å². The molecule has 0 saturated carbocycles. The third-order valence-corrected chi connectivity index (χ3v) is 3.80. The number of benzene rings is 1. The first-order chi connectivity index (χ1) is 9.79. The number of H-pyrrole nitrogens is 1. The van der Waals surface area contributed by atoms with Gasteiger partial charge in [0.05, 0.1) is 17.6 Å². The van der Waals surface area contributed by atoms with Crippen LogP contribution in [0.1, 0.15) is 58.2 Å². The Kier molecular flexibility index (Phi) is 6.06. The van der Waals surface area contributed by atoms with E-state index in [1.165, 1.54) is 38.5 Å². The fourth-order valence-corrected chi connectivity index (χ4v) is 2.52. The highest BCUT2D eigenvalue weighted by Crippen LogP contribution is 2.11. The highest BCUT2D eigenvalue weighted by Gasteiger charge is 2.05. The Balaban J connectivity index is 1.69. The van der Waals surface area contributed by atoms with Gasteiger partial charge in [-0.05, 0) is 25.5 Å². The van der Waals surface area contributed by atoms with Crippen molar-refractivity contribution in [2.45, 2.75) is 65.0 Å². The number of nitrogens with one attached hydrogen (secondary N) is 2. The molecule has 0 aliphatic heterocycles. The number of aromatic nitrogens is 2. The molecule has 1 unspecified atom stereocenters. The fraction of sp³-hybridized carbons (Fsp3) is 0.588. The zero-order chi connectivity index (χ0) is 14.2. The summed E-state index contributed by atoms with van der Waals surface area (Å²) < 4.78 is 0. The Bertz CT molecular complexity index is 471. The smallest absolute Gasteiger partial charge is 0.121 e. The van der Waals surface area contributed by atoms with Crippen molar-refractivity contribution in [1.29, 1.82) is 0 Å². The zero-order valence-corrected chi connectivity index (χ0v) is 12.8. The van der Waals surface area contributed by atoms with E-state index < -0.39 is 0 Å². The maximum Gasteiger partial charge on any atom is 0.121 e. The van der Waals surface area contributed by atoms with E-state index in [9.17, 15) is 0 Å². The second-order valence-corrected chi connectivity index (χ2v) is 5.69. The fourth-order valence-electron chi connectivity index (χ4n) is 2.52. The van der Waals surface area contributed by atoms with Gasteiger partial charge in [0.25, 0.3) is 0 Å². The number of aromatic amines is 1. The highest BCUT2D eigenvalue weighted by atomic mass is 15.0. The molecule has 1 aromatic heterocycles. The highest BCUT2D eigenvalue weighted by molar-refractivity contribution is 5.74. The van der Waals surface area contributed by atoms with Gasteiger partial charge in [0.1, 0.15) is 5.82 Å². The molecule has 0 aliphatic carbocycles. The standard InChI is InChI=1S/C17H27N3/c1-3-4-5-6-7-10-14(2)18-13-17-19-15-11-8-9-12-16(15)20-17/h8-9,11-12,14,18H,3-7,10,13H2,1-2H3,(H,19,20). The second-order valence-electron chi connectivity index (χ2n) is 5.69. The van der Waals surface area contributed by atoms with Crippen LogP contribution >= 0.6 is 0 Å². The molecular weight excluding hydrogens is 246 g/mol. The third-order valence-electron chi connectivity index (χ3n) is 3.80. The second kappa shape index (κ2) is 8.05. The maximum absolute atomic E-state index is 4.59. The summed E-state index contributed by atoms with van der Waals surface area (Å²) in [7, 11) is 0. The number of nitrogens with zero attached hydrogens (tertiary/aromatic N) is 1. The maximum atomic E-state index is 4.59. The van der Waals surface area contributed by atoms with Crippen LogP contribution in [-0.2, 0) is 6.54 Å². The van der Waals surface area contributed by atoms with Crippen LogP contribution in [0.3, 0.4) is 0 Å². The lowest BCUT2D eigenvalue weighted by molar-refractivity contribution is 0.475. The third kappa shape index (κ3) is 4.64. The van der Waals surface area contributed by atoms with E-state index in [0.29, 0.717) is 6.04 Å². The van der Waals surface area contributed by atoms with Crippen molar-refractivity contribution in [3.63, 3.8) is 0 Å². The van der Waals surface area contributed by atoms with Crippen LogP contribution < -0.4 is 5.32 Å². The molecule has 2 aromatic rings. The van der Waals surface area contributed by atoms with E-state index in [0.717, 1.165) is 23.4 Å². The molecule has 3 heteroatoms. The van der Waals surface area contributed by atoms with Gasteiger partial charge >= 0.3 is 0 Å². The molecule has 1 atom stereocenters. The first-order valence-corrected chi connectivity index (χ1v) is 7.96. The molecule has 0 bridgehead atoms. The normalized spacial score (nSPS) is 12.9. The number of hydrogen-bond acceptors (Lipinski definition) is 2. The molecule has 110 valence electrons. The Hall–Kier alpha value is -1.35. The molecule has 2 rings (SSSR count). The molecule has 2 N–H and O–H groups in total. The van der Waals surface area contributed by atoms with Gasteiger partial charge in [-0.3, -0.25) is 0 Å². The molecule has 0 radical (unpaired) electrons. The van der Waals surface area contributed by atoms with Gasteiger partial charge in [0.15, 0.2) is 0 Å². The van der Waals surface area contributed by atoms with E-state index in [-0.39, 0.29) is 0 Å². The van der Waals surface area contributed by atoms with Crippen LogP contribution in [0, 0.1) is 0 Å². The molecule has 0 amide bonds. The molecule has 3 nitrogen and oxygen atoms in total. The Morgan fingerprint density at radius 2 is 1.95 bits per heavy atom. The van der Waals surface area contributed by atoms with Gasteiger partial charge in [0, 0.05) is 6.04 Å². The average molecular weight is 273 g/mol. The van der Waals surface area contributed by atoms with Crippen molar-refractivity contribution >= 4 is 11.0 Å². The number of unbranched alkanes of at least 4 members (excludes halogenated alkanes) is 4. The van der Waals surface area contributed by atoms with E-state index in [2.05, 4.69) is 35.2 Å². The lowest BCUT2D eigenvalue weighted by Crippen LogP contribution is -2.25. The van der Waals surface area contributed by atoms with Gasteiger partial charge in [-0.25, -0.2) is 4.98 Å². The average Bonchev–Trinajstić information content (AvgIpc) is 2.88. The van der Waals surface area contributed by atoms with Gasteiger partial charge in [-0.2, -0.15) is 0 Å². The van der Waals surface area contributed by atoms with Crippen LogP contribution in [0.4, 0.5) is 0 Å². The van der Waals surface area contributed by atoms with Crippen molar-refractivity contribution in [3.05, 3.63) is 30.1 Å². The van der Waals surface area contributed by atoms with Crippen molar-refractivity contribution in [1.82, 2.24) is 15.3 Å². The Labute approximate surface area is 122 Å². The summed E-state index contributed by atoms with van der Waals surface area (Å²) in [6, 6.07) is 8.75. The molecular formula is C17H27N3. The summed E-state index contributed by atoms with van der Waals surface area (Å²) in [5.74, 6) is 1.03. The van der Waals surface area contributed by atoms with E-state index in [1.807, 2.05) is 18.2 Å². The topological polar surface area (TPSA) is 40.7 Å². The minimum atomic E-state index is 0.560. The van der Waals surface area contributed by atoms with Crippen LogP contribution in [-0.4, -0.2) is 16.0 Å². The first-order valence-electron chi connectivity index (χ1n) is 7.96. The summed E-state index contributed by atoms with van der Waals surface area (Å²) in [5.41, 5.74) is 2.17. The van der Waals surface area contributed by atoms with Gasteiger partial charge in [-0.15, -0.1) is 0 Å². The van der Waals surface area contributed by atoms with Crippen LogP contribution in [0.5, 0.6) is 0 Å². The Morgan fingerprint density at radius 1 is 1.15 bits per heavy atom. The SMILES string of the molecule is CCCCCCCC(C)NCc1nc2ccccc2[nH]1. The monoisotopic (exact) mass is 273 g/mol. The van der Waals surface area contributed by atoms with E-state index in [1.54, 1.807) is 0 Å². The van der Waals surface area contributed by atoms with Crippen molar-refractivity contribution in [3.8, 4) is 0 Å². The number of hydrogen-bond donors (Lipinski definition) is 2. The minimum Gasteiger partial charge on any atom is -0.341 e. The molecule has 1 heterocycles. The number of para-hydroxylation sites is 2. The predicted octanol–water partition coefficient (Wildman–Crippen LogP) is 4.40. The van der Waals surface area contributed by atoms with Crippen LogP contribution in [0.2, 0.25) is 0 Å². The summed E-state index contributed by atoms with van der Waals surface area (Å²) >= 11 is 0. The van der Waals surface area contributed by atoms with Gasteiger partial charge in [-0.1, -0.05) is 51.2 Å². The molecule has 0 saturated heterocycles. The lowest BCUT2D eigenvalue weighted by Gasteiger charge is -2.12. The predicted molar refractivity (Wildman–Crippen MR) is 85.8 cm³/mol. The largest absolute Gasteiger partial charge is 0.341 e. The summed E-state index contributed by atoms with van der Waals surface area (Å²) in [4.78, 5) is 7.95. The van der Waals surface area contributed by atoms with E-state index in [4.69, 9.17) is 0 Å². The zero-order valence-electron chi connectivity index (χ0n) is 12.8. The molecule has 0 aliphatic rings. The molecule has 0 spiro atoms. The summed E-state index contributed by atoms with van der Waals surface area (Å²) in [6.07, 6.45) is 8.02. The van der Waals surface area contributed by atoms with Gasteiger partial charge < -0.3 is 10.3 Å². The van der Waals surface area contributed by atoms with Gasteiger partial charge in [0.2, 0.25) is 0 Å². The first kappa shape index (κ1) is 15.0. The molecule has 20 heavy (non-hydrogen) atoms. The molecule has 1 aromatic carbocycles. The van der Waals surface area contributed by atoms with Crippen molar-refractivity contribution < 1.29 is 0 Å². The number of rotatable bonds is 9. The quantitative estimate of drug-likeness (QED) is 0.665. The van der Waals surface area contributed by atoms with Crippen molar-refractivity contribution in [2.75, 3.05) is 0 Å². The summed E-state index contributed by atoms with van der Waals surface area (Å²) in [5, 5.41) is 3.56.